The second kappa shape index (κ2) is 12.5. The van der Waals surface area contributed by atoms with Crippen LogP contribution in [0.3, 0.4) is 0 Å². The van der Waals surface area contributed by atoms with Crippen LogP contribution in [0.1, 0.15) is 26.3 Å². The van der Waals surface area contributed by atoms with Crippen LogP contribution in [0.15, 0.2) is 75.4 Å². The quantitative estimate of drug-likeness (QED) is 0.153. The lowest BCUT2D eigenvalue weighted by Gasteiger charge is -2.20. The molecule has 0 radical (unpaired) electrons. The number of allylic oxidation sites excluding steroid dienone is 1. The molecule has 0 fully saturated rings. The maximum atomic E-state index is 12.3. The van der Waals surface area contributed by atoms with Gasteiger partial charge in [0.05, 0.1) is 12.0 Å². The zero-order valence-electron chi connectivity index (χ0n) is 19.7. The Kier molecular flexibility index (Phi) is 9.47. The molecule has 0 aliphatic rings. The number of carbonyl (C=O) groups excluding carboxylic acids is 1. The Morgan fingerprint density at radius 2 is 1.82 bits per heavy atom. The van der Waals surface area contributed by atoms with Crippen LogP contribution in [-0.4, -0.2) is 45.7 Å². The predicted molar refractivity (Wildman–Crippen MR) is 144 cm³/mol. The topological polar surface area (TPSA) is 75.4 Å². The highest BCUT2D eigenvalue weighted by atomic mass is 79.9. The van der Waals surface area contributed by atoms with Gasteiger partial charge >= 0.3 is 0 Å². The van der Waals surface area contributed by atoms with Gasteiger partial charge < -0.3 is 4.90 Å². The molecule has 1 heterocycles. The Bertz CT molecular complexity index is 1140. The molecule has 0 aliphatic heterocycles. The first-order valence-corrected chi connectivity index (χ1v) is 12.8. The van der Waals surface area contributed by atoms with Gasteiger partial charge in [-0.2, -0.15) is 5.10 Å². The fraction of sp³-hybridized carbons (Fsp3) is 0.280. The molecule has 2 aromatic carbocycles. The maximum Gasteiger partial charge on any atom is 0.250 e. The summed E-state index contributed by atoms with van der Waals surface area (Å²) < 4.78 is 2.97. The third-order valence-corrected chi connectivity index (χ3v) is 6.50. The van der Waals surface area contributed by atoms with Crippen molar-refractivity contribution in [1.29, 1.82) is 0 Å². The molecule has 0 saturated carbocycles. The smallest absolute Gasteiger partial charge is 0.250 e. The number of anilines is 1. The van der Waals surface area contributed by atoms with Crippen molar-refractivity contribution in [2.45, 2.75) is 32.5 Å². The molecule has 9 heteroatoms. The number of nitrogens with zero attached hydrogens (tertiary/aromatic N) is 5. The Hall–Kier alpha value is -2.91. The molecule has 1 aromatic heterocycles. The number of hydrogen-bond acceptors (Lipinski definition) is 6. The lowest BCUT2D eigenvalue weighted by Crippen LogP contribution is -2.21. The average molecular weight is 542 g/mol. The van der Waals surface area contributed by atoms with Crippen LogP contribution in [-0.2, 0) is 11.3 Å². The number of aromatic nitrogens is 3. The van der Waals surface area contributed by atoms with Gasteiger partial charge in [-0.25, -0.2) is 5.43 Å². The summed E-state index contributed by atoms with van der Waals surface area (Å²) in [5.74, 6) is 0.702. The molecule has 7 nitrogen and oxygen atoms in total. The number of nitrogens with one attached hydrogen (secondary N) is 1. The predicted octanol–water partition coefficient (Wildman–Crippen LogP) is 5.37. The average Bonchev–Trinajstić information content (AvgIpc) is 3.21. The molecular weight excluding hydrogens is 512 g/mol. The summed E-state index contributed by atoms with van der Waals surface area (Å²) in [4.78, 5) is 14.6. The Morgan fingerprint density at radius 1 is 1.15 bits per heavy atom. The van der Waals surface area contributed by atoms with Crippen molar-refractivity contribution in [1.82, 2.24) is 20.2 Å². The number of thioether (sulfide) groups is 1. The Labute approximate surface area is 213 Å². The van der Waals surface area contributed by atoms with Crippen molar-refractivity contribution in [2.75, 3.05) is 23.7 Å². The summed E-state index contributed by atoms with van der Waals surface area (Å²) in [5, 5.41) is 13.4. The van der Waals surface area contributed by atoms with Gasteiger partial charge in [0.2, 0.25) is 0 Å². The fourth-order valence-corrected chi connectivity index (χ4v) is 4.32. The zero-order valence-corrected chi connectivity index (χ0v) is 22.1. The van der Waals surface area contributed by atoms with Gasteiger partial charge in [-0.05, 0) is 50.6 Å². The number of hydrazone groups is 1. The van der Waals surface area contributed by atoms with Gasteiger partial charge in [0.15, 0.2) is 11.0 Å². The van der Waals surface area contributed by atoms with Gasteiger partial charge in [-0.3, -0.25) is 9.36 Å². The molecule has 1 N–H and O–H groups in total. The minimum atomic E-state index is -0.212. The van der Waals surface area contributed by atoms with Crippen molar-refractivity contribution < 1.29 is 4.79 Å². The molecule has 1 amide bonds. The van der Waals surface area contributed by atoms with Gasteiger partial charge in [0, 0.05) is 35.4 Å². The third kappa shape index (κ3) is 7.04. The number of halogens is 1. The highest BCUT2D eigenvalue weighted by molar-refractivity contribution is 9.10. The van der Waals surface area contributed by atoms with Gasteiger partial charge in [0.1, 0.15) is 0 Å². The maximum absolute atomic E-state index is 12.3. The number of benzene rings is 2. The summed E-state index contributed by atoms with van der Waals surface area (Å²) in [5.41, 5.74) is 6.60. The lowest BCUT2D eigenvalue weighted by molar-refractivity contribution is -0.118. The number of carbonyl (C=O) groups is 1. The summed E-state index contributed by atoms with van der Waals surface area (Å²) in [7, 11) is 0. The monoisotopic (exact) mass is 540 g/mol. The summed E-state index contributed by atoms with van der Waals surface area (Å²) in [6, 6.07) is 16.0. The van der Waals surface area contributed by atoms with E-state index < -0.39 is 0 Å². The lowest BCUT2D eigenvalue weighted by atomic mass is 10.2. The van der Waals surface area contributed by atoms with Crippen LogP contribution < -0.4 is 10.3 Å². The molecule has 0 aliphatic carbocycles. The first kappa shape index (κ1) is 25.7. The van der Waals surface area contributed by atoms with E-state index in [1.165, 1.54) is 17.4 Å². The van der Waals surface area contributed by atoms with E-state index in [1.807, 2.05) is 47.9 Å². The highest BCUT2D eigenvalue weighted by Gasteiger charge is 2.15. The van der Waals surface area contributed by atoms with E-state index in [0.717, 1.165) is 40.1 Å². The van der Waals surface area contributed by atoms with E-state index >= 15 is 0 Å². The van der Waals surface area contributed by atoms with Crippen molar-refractivity contribution in [3.63, 3.8) is 0 Å². The van der Waals surface area contributed by atoms with Crippen molar-refractivity contribution in [3.8, 4) is 11.4 Å². The normalized spacial score (nSPS) is 11.1. The van der Waals surface area contributed by atoms with E-state index in [1.54, 1.807) is 6.21 Å². The second-order valence-corrected chi connectivity index (χ2v) is 9.56. The number of amides is 1. The minimum Gasteiger partial charge on any atom is -0.372 e. The first-order valence-electron chi connectivity index (χ1n) is 11.0. The summed E-state index contributed by atoms with van der Waals surface area (Å²) >= 11 is 4.77. The summed E-state index contributed by atoms with van der Waals surface area (Å²) in [6.07, 6.45) is 1.64. The SMILES string of the molecule is C=C(C)Cn1c(SCC(=O)NN=Cc2ccc(N(CC)CC)cc2)nnc1-c1ccc(Br)cc1. The first-order chi connectivity index (χ1) is 16.4. The molecule has 0 saturated heterocycles. The number of rotatable bonds is 11. The fourth-order valence-electron chi connectivity index (χ4n) is 3.32. The van der Waals surface area contributed by atoms with Crippen molar-refractivity contribution in [2.24, 2.45) is 5.10 Å². The van der Waals surface area contributed by atoms with E-state index in [2.05, 4.69) is 74.1 Å². The van der Waals surface area contributed by atoms with Gasteiger partial charge in [0.25, 0.3) is 5.91 Å². The van der Waals surface area contributed by atoms with Crippen LogP contribution in [0, 0.1) is 0 Å². The molecule has 3 aromatic rings. The molecule has 34 heavy (non-hydrogen) atoms. The van der Waals surface area contributed by atoms with Crippen molar-refractivity contribution >= 4 is 45.5 Å². The molecule has 0 atom stereocenters. The highest BCUT2D eigenvalue weighted by Crippen LogP contribution is 2.26. The van der Waals surface area contributed by atoms with Crippen LogP contribution in [0.25, 0.3) is 11.4 Å². The summed E-state index contributed by atoms with van der Waals surface area (Å²) in [6.45, 7) is 12.7. The van der Waals surface area contributed by atoms with Crippen LogP contribution >= 0.6 is 27.7 Å². The van der Waals surface area contributed by atoms with E-state index in [-0.39, 0.29) is 11.7 Å². The molecular formula is C25H29BrN6OS. The van der Waals surface area contributed by atoms with Crippen LogP contribution in [0.2, 0.25) is 0 Å². The van der Waals surface area contributed by atoms with Crippen LogP contribution in [0.4, 0.5) is 5.69 Å². The molecule has 3 rings (SSSR count). The Balaban J connectivity index is 1.60. The molecule has 178 valence electrons. The zero-order chi connectivity index (χ0) is 24.5. The largest absolute Gasteiger partial charge is 0.372 e. The van der Waals surface area contributed by atoms with E-state index in [9.17, 15) is 4.79 Å². The molecule has 0 bridgehead atoms. The van der Waals surface area contributed by atoms with E-state index in [4.69, 9.17) is 0 Å². The van der Waals surface area contributed by atoms with Crippen LogP contribution in [0.5, 0.6) is 0 Å². The number of hydrogen-bond donors (Lipinski definition) is 1. The van der Waals surface area contributed by atoms with Gasteiger partial charge in [-0.1, -0.05) is 64.1 Å². The second-order valence-electron chi connectivity index (χ2n) is 7.70. The molecule has 0 unspecified atom stereocenters. The van der Waals surface area contributed by atoms with E-state index in [0.29, 0.717) is 11.7 Å². The van der Waals surface area contributed by atoms with Gasteiger partial charge in [-0.15, -0.1) is 10.2 Å². The van der Waals surface area contributed by atoms with Crippen molar-refractivity contribution in [3.05, 3.63) is 70.7 Å². The minimum absolute atomic E-state index is 0.174. The third-order valence-electron chi connectivity index (χ3n) is 5.00. The standard InChI is InChI=1S/C25H29BrN6OS/c1-5-31(6-2)22-13-7-19(8-14-22)15-27-28-23(33)17-34-25-30-29-24(32(25)16-18(3)4)20-9-11-21(26)12-10-20/h7-15H,3,5-6,16-17H2,1-2,4H3,(H,28,33). The molecule has 0 spiro atoms. The Morgan fingerprint density at radius 3 is 2.44 bits per heavy atom.